The van der Waals surface area contributed by atoms with E-state index in [-0.39, 0.29) is 12.9 Å². The van der Waals surface area contributed by atoms with Crippen LogP contribution in [0.15, 0.2) is 0 Å². The zero-order valence-electron chi connectivity index (χ0n) is 12.3. The third kappa shape index (κ3) is 3.70. The van der Waals surface area contributed by atoms with Crippen LogP contribution < -0.4 is 5.32 Å². The Morgan fingerprint density at radius 1 is 1.32 bits per heavy atom. The predicted octanol–water partition coefficient (Wildman–Crippen LogP) is 0.160. The normalized spacial score (nSPS) is 37.5. The molecular weight excluding hydrogens is 290 g/mol. The summed E-state index contributed by atoms with van der Waals surface area (Å²) in [5, 5.41) is 12.8. The van der Waals surface area contributed by atoms with E-state index in [1.54, 1.807) is 0 Å². The van der Waals surface area contributed by atoms with Crippen LogP contribution in [0.2, 0.25) is 0 Å². The van der Waals surface area contributed by atoms with E-state index in [1.807, 2.05) is 0 Å². The molecule has 7 heteroatoms. The van der Waals surface area contributed by atoms with Gasteiger partial charge in [-0.15, -0.1) is 0 Å². The minimum Gasteiger partial charge on any atom is -0.441 e. The van der Waals surface area contributed by atoms with E-state index in [0.717, 1.165) is 25.9 Å². The lowest BCUT2D eigenvalue weighted by Gasteiger charge is -2.33. The second kappa shape index (κ2) is 7.29. The van der Waals surface area contributed by atoms with Gasteiger partial charge < -0.3 is 29.4 Å². The van der Waals surface area contributed by atoms with Crippen molar-refractivity contribution >= 4 is 6.09 Å². The molecule has 7 nitrogen and oxygen atoms in total. The summed E-state index contributed by atoms with van der Waals surface area (Å²) in [6, 6.07) is -0.417. The summed E-state index contributed by atoms with van der Waals surface area (Å²) >= 11 is 0. The maximum absolute atomic E-state index is 11.2. The Labute approximate surface area is 129 Å². The van der Waals surface area contributed by atoms with Crippen LogP contribution in [0, 0.1) is 11.8 Å². The lowest BCUT2D eigenvalue weighted by atomic mass is 9.96. The van der Waals surface area contributed by atoms with E-state index in [4.69, 9.17) is 18.9 Å². The van der Waals surface area contributed by atoms with Gasteiger partial charge in [-0.3, -0.25) is 0 Å². The first-order chi connectivity index (χ1) is 10.7. The zero-order valence-corrected chi connectivity index (χ0v) is 12.3. The van der Waals surface area contributed by atoms with Gasteiger partial charge in [0.05, 0.1) is 12.7 Å². The van der Waals surface area contributed by atoms with Gasteiger partial charge in [-0.2, -0.15) is 0 Å². The molecular formula is C15H21NO6. The van der Waals surface area contributed by atoms with Crippen molar-refractivity contribution in [2.24, 2.45) is 0 Å². The molecule has 1 unspecified atom stereocenters. The quantitative estimate of drug-likeness (QED) is 0.722. The molecule has 3 saturated heterocycles. The molecule has 3 heterocycles. The number of aliphatic hydroxyl groups is 1. The van der Waals surface area contributed by atoms with E-state index in [2.05, 4.69) is 17.2 Å². The molecule has 3 fully saturated rings. The van der Waals surface area contributed by atoms with E-state index in [1.165, 1.54) is 0 Å². The number of fused-ring (bicyclic) bond motifs is 1. The topological polar surface area (TPSA) is 86.3 Å². The van der Waals surface area contributed by atoms with Crippen LogP contribution in [0.5, 0.6) is 0 Å². The van der Waals surface area contributed by atoms with Crippen molar-refractivity contribution in [3.05, 3.63) is 0 Å². The largest absolute Gasteiger partial charge is 0.441 e. The molecule has 0 bridgehead atoms. The van der Waals surface area contributed by atoms with Crippen LogP contribution in [-0.4, -0.2) is 61.7 Å². The Morgan fingerprint density at radius 2 is 2.23 bits per heavy atom. The molecule has 2 N–H and O–H groups in total. The van der Waals surface area contributed by atoms with Gasteiger partial charge in [0.1, 0.15) is 24.9 Å². The SMILES string of the molecule is O=C1N[C@H]2[C@@H](O)[C@@H](CC#CCOC3CCCCO3)OC[C@H]2O1. The number of ether oxygens (including phenoxy) is 4. The highest BCUT2D eigenvalue weighted by Gasteiger charge is 2.46. The first-order valence-electron chi connectivity index (χ1n) is 7.70. The van der Waals surface area contributed by atoms with Crippen LogP contribution >= 0.6 is 0 Å². The maximum Gasteiger partial charge on any atom is 0.408 e. The molecule has 1 amide bonds. The Morgan fingerprint density at radius 3 is 3.05 bits per heavy atom. The number of alkyl carbamates (subject to hydrolysis) is 1. The smallest absolute Gasteiger partial charge is 0.408 e. The summed E-state index contributed by atoms with van der Waals surface area (Å²) in [6.45, 7) is 1.33. The fourth-order valence-corrected chi connectivity index (χ4v) is 2.85. The van der Waals surface area contributed by atoms with Crippen LogP contribution in [0.4, 0.5) is 4.79 Å². The van der Waals surface area contributed by atoms with Gasteiger partial charge in [-0.25, -0.2) is 4.79 Å². The summed E-state index contributed by atoms with van der Waals surface area (Å²) in [7, 11) is 0. The summed E-state index contributed by atoms with van der Waals surface area (Å²) in [6.07, 6.45) is 1.18. The van der Waals surface area contributed by atoms with Crippen molar-refractivity contribution < 1.29 is 28.8 Å². The number of rotatable bonds is 3. The van der Waals surface area contributed by atoms with Crippen LogP contribution in [-0.2, 0) is 18.9 Å². The molecule has 5 atom stereocenters. The van der Waals surface area contributed by atoms with Gasteiger partial charge in [0.15, 0.2) is 6.29 Å². The summed E-state index contributed by atoms with van der Waals surface area (Å²) < 4.78 is 21.4. The van der Waals surface area contributed by atoms with Gasteiger partial charge in [-0.1, -0.05) is 11.8 Å². The standard InChI is InChI=1S/C15H21NO6/c17-14-10(21-9-11-13(14)16-15(18)22-11)5-1-3-7-19-12-6-2-4-8-20-12/h10-14,17H,2,4-9H2,(H,16,18)/t10-,11-,12?,13-,14+/m1/s1. The molecule has 3 aliphatic rings. The highest BCUT2D eigenvalue weighted by molar-refractivity contribution is 5.70. The molecule has 0 spiro atoms. The lowest BCUT2D eigenvalue weighted by molar-refractivity contribution is -0.154. The highest BCUT2D eigenvalue weighted by atomic mass is 16.7. The minimum absolute atomic E-state index is 0.147. The van der Waals surface area contributed by atoms with Gasteiger partial charge >= 0.3 is 6.09 Å². The van der Waals surface area contributed by atoms with Crippen molar-refractivity contribution in [3.8, 4) is 11.8 Å². The molecule has 0 aromatic carbocycles. The summed E-state index contributed by atoms with van der Waals surface area (Å²) in [5.74, 6) is 5.85. The molecule has 22 heavy (non-hydrogen) atoms. The molecule has 3 rings (SSSR count). The average Bonchev–Trinajstić information content (AvgIpc) is 2.91. The van der Waals surface area contributed by atoms with E-state index in [0.29, 0.717) is 13.0 Å². The van der Waals surface area contributed by atoms with Crippen LogP contribution in [0.25, 0.3) is 0 Å². The lowest BCUT2D eigenvalue weighted by Crippen LogP contribution is -2.55. The molecule has 0 aromatic heterocycles. The van der Waals surface area contributed by atoms with Crippen molar-refractivity contribution in [3.63, 3.8) is 0 Å². The maximum atomic E-state index is 11.2. The number of hydrogen-bond donors (Lipinski definition) is 2. The van der Waals surface area contributed by atoms with E-state index in [9.17, 15) is 9.90 Å². The van der Waals surface area contributed by atoms with Crippen molar-refractivity contribution in [1.82, 2.24) is 5.32 Å². The van der Waals surface area contributed by atoms with Crippen molar-refractivity contribution in [2.45, 2.75) is 56.3 Å². The summed E-state index contributed by atoms with van der Waals surface area (Å²) in [5.41, 5.74) is 0. The summed E-state index contributed by atoms with van der Waals surface area (Å²) in [4.78, 5) is 11.2. The Hall–Kier alpha value is -1.33. The van der Waals surface area contributed by atoms with E-state index < -0.39 is 30.4 Å². The van der Waals surface area contributed by atoms with Gasteiger partial charge in [0, 0.05) is 13.0 Å². The molecule has 0 aromatic rings. The number of nitrogens with one attached hydrogen (secondary N) is 1. The second-order valence-electron chi connectivity index (χ2n) is 5.64. The van der Waals surface area contributed by atoms with Crippen LogP contribution in [0.3, 0.4) is 0 Å². The van der Waals surface area contributed by atoms with Gasteiger partial charge in [0.2, 0.25) is 0 Å². The third-order valence-electron chi connectivity index (χ3n) is 4.07. The Kier molecular flexibility index (Phi) is 5.16. The fourth-order valence-electron chi connectivity index (χ4n) is 2.85. The highest BCUT2D eigenvalue weighted by Crippen LogP contribution is 2.23. The predicted molar refractivity (Wildman–Crippen MR) is 74.9 cm³/mol. The first-order valence-corrected chi connectivity index (χ1v) is 7.70. The Bertz CT molecular complexity index is 453. The molecule has 0 radical (unpaired) electrons. The molecule has 0 aliphatic carbocycles. The second-order valence-corrected chi connectivity index (χ2v) is 5.64. The minimum atomic E-state index is -0.818. The van der Waals surface area contributed by atoms with Crippen molar-refractivity contribution in [2.75, 3.05) is 19.8 Å². The fraction of sp³-hybridized carbons (Fsp3) is 0.800. The van der Waals surface area contributed by atoms with Crippen LogP contribution in [0.1, 0.15) is 25.7 Å². The Balaban J connectivity index is 1.40. The van der Waals surface area contributed by atoms with Gasteiger partial charge in [0.25, 0.3) is 0 Å². The number of amides is 1. The number of carbonyl (C=O) groups excluding carboxylic acids is 1. The monoisotopic (exact) mass is 311 g/mol. The van der Waals surface area contributed by atoms with Crippen molar-refractivity contribution in [1.29, 1.82) is 0 Å². The van der Waals surface area contributed by atoms with Gasteiger partial charge in [-0.05, 0) is 19.3 Å². The number of carbonyl (C=O) groups is 1. The van der Waals surface area contributed by atoms with E-state index >= 15 is 0 Å². The molecule has 122 valence electrons. The number of hydrogen-bond acceptors (Lipinski definition) is 6. The zero-order chi connectivity index (χ0) is 15.4. The number of aliphatic hydroxyl groups excluding tert-OH is 1. The first kappa shape index (κ1) is 15.6. The molecule has 0 saturated carbocycles. The third-order valence-corrected chi connectivity index (χ3v) is 4.07. The molecule has 3 aliphatic heterocycles. The average molecular weight is 311 g/mol.